The van der Waals surface area contributed by atoms with Gasteiger partial charge in [-0.15, -0.1) is 0 Å². The Kier molecular flexibility index (Phi) is 5.01. The molecule has 1 amide bonds. The maximum atomic E-state index is 11.0. The lowest BCUT2D eigenvalue weighted by molar-refractivity contribution is -0.153. The maximum Gasteiger partial charge on any atom is 0.346 e. The summed E-state index contributed by atoms with van der Waals surface area (Å²) in [6, 6.07) is -1.34. The summed E-state index contributed by atoms with van der Waals surface area (Å²) in [6.45, 7) is 3.05. The average Bonchev–Trinajstić information content (AvgIpc) is 2.04. The molecule has 0 aromatic carbocycles. The van der Waals surface area contributed by atoms with Gasteiger partial charge >= 0.3 is 5.97 Å². The van der Waals surface area contributed by atoms with Gasteiger partial charge in [0.25, 0.3) is 0 Å². The first kappa shape index (κ1) is 11.9. The van der Waals surface area contributed by atoms with Crippen molar-refractivity contribution >= 4 is 11.9 Å². The standard InChI is InChI=1S/C7H15N3O3/c1-4(8)6(11)10-5(2)7(12)13-9-3/h4-5,9H,8H2,1-3H3,(H,10,11)/t4-,5-/m0/s1. The lowest BCUT2D eigenvalue weighted by atomic mass is 10.3. The molecule has 76 valence electrons. The molecule has 0 aromatic rings. The van der Waals surface area contributed by atoms with Crippen molar-refractivity contribution in [2.75, 3.05) is 7.05 Å². The van der Waals surface area contributed by atoms with Crippen molar-refractivity contribution in [3.8, 4) is 0 Å². The van der Waals surface area contributed by atoms with Crippen molar-refractivity contribution in [3.05, 3.63) is 0 Å². The fourth-order valence-corrected chi connectivity index (χ4v) is 0.593. The molecule has 0 radical (unpaired) electrons. The van der Waals surface area contributed by atoms with Gasteiger partial charge in [0, 0.05) is 7.05 Å². The third kappa shape index (κ3) is 4.44. The van der Waals surface area contributed by atoms with E-state index in [0.29, 0.717) is 0 Å². The number of carbonyl (C=O) groups is 2. The molecule has 13 heavy (non-hydrogen) atoms. The van der Waals surface area contributed by atoms with Gasteiger partial charge < -0.3 is 15.9 Å². The molecule has 0 bridgehead atoms. The number of carbonyl (C=O) groups excluding carboxylic acids is 2. The molecule has 0 fully saturated rings. The van der Waals surface area contributed by atoms with Crippen LogP contribution in [0.2, 0.25) is 0 Å². The van der Waals surface area contributed by atoms with Crippen LogP contribution in [0.5, 0.6) is 0 Å². The molecule has 0 spiro atoms. The van der Waals surface area contributed by atoms with Crippen LogP contribution in [0.25, 0.3) is 0 Å². The Balaban J connectivity index is 3.92. The first-order chi connectivity index (χ1) is 5.99. The van der Waals surface area contributed by atoms with Gasteiger partial charge in [-0.05, 0) is 13.8 Å². The summed E-state index contributed by atoms with van der Waals surface area (Å²) >= 11 is 0. The average molecular weight is 189 g/mol. The Morgan fingerprint density at radius 3 is 2.31 bits per heavy atom. The van der Waals surface area contributed by atoms with Crippen molar-refractivity contribution in [1.82, 2.24) is 10.8 Å². The third-order valence-corrected chi connectivity index (χ3v) is 1.33. The van der Waals surface area contributed by atoms with Crippen LogP contribution < -0.4 is 16.5 Å². The fraction of sp³-hybridized carbons (Fsp3) is 0.714. The second-order valence-electron chi connectivity index (χ2n) is 2.64. The third-order valence-electron chi connectivity index (χ3n) is 1.33. The van der Waals surface area contributed by atoms with Crippen molar-refractivity contribution in [1.29, 1.82) is 0 Å². The Labute approximate surface area is 76.8 Å². The minimum atomic E-state index is -0.703. The van der Waals surface area contributed by atoms with Gasteiger partial charge in [0.1, 0.15) is 6.04 Å². The van der Waals surface area contributed by atoms with E-state index in [9.17, 15) is 9.59 Å². The monoisotopic (exact) mass is 189 g/mol. The summed E-state index contributed by atoms with van der Waals surface area (Å²) in [5.41, 5.74) is 7.50. The fourth-order valence-electron chi connectivity index (χ4n) is 0.593. The summed E-state index contributed by atoms with van der Waals surface area (Å²) in [5.74, 6) is -0.947. The number of amides is 1. The minimum Gasteiger partial charge on any atom is -0.369 e. The van der Waals surface area contributed by atoms with E-state index in [1.165, 1.54) is 20.9 Å². The SMILES string of the molecule is CNOC(=O)[C@H](C)NC(=O)[C@H](C)N. The molecule has 0 saturated carbocycles. The van der Waals surface area contributed by atoms with Crippen LogP contribution in [0.15, 0.2) is 0 Å². The zero-order valence-electron chi connectivity index (χ0n) is 7.96. The van der Waals surface area contributed by atoms with Crippen LogP contribution in [0.4, 0.5) is 0 Å². The van der Waals surface area contributed by atoms with Crippen LogP contribution in [-0.2, 0) is 14.4 Å². The Morgan fingerprint density at radius 1 is 1.38 bits per heavy atom. The predicted octanol–water partition coefficient (Wildman–Crippen LogP) is -1.48. The van der Waals surface area contributed by atoms with E-state index < -0.39 is 18.1 Å². The molecule has 4 N–H and O–H groups in total. The molecule has 0 heterocycles. The van der Waals surface area contributed by atoms with Crippen LogP contribution in [-0.4, -0.2) is 31.0 Å². The lowest BCUT2D eigenvalue weighted by Gasteiger charge is -2.13. The molecule has 6 heteroatoms. The molecule has 0 saturated heterocycles. The van der Waals surface area contributed by atoms with Gasteiger partial charge in [0.05, 0.1) is 6.04 Å². The minimum absolute atomic E-state index is 0.388. The molecular weight excluding hydrogens is 174 g/mol. The van der Waals surface area contributed by atoms with Crippen molar-refractivity contribution in [2.45, 2.75) is 25.9 Å². The van der Waals surface area contributed by atoms with Crippen molar-refractivity contribution in [2.24, 2.45) is 5.73 Å². The summed E-state index contributed by atoms with van der Waals surface area (Å²) in [6.07, 6.45) is 0. The highest BCUT2D eigenvalue weighted by atomic mass is 16.7. The summed E-state index contributed by atoms with van der Waals surface area (Å²) in [7, 11) is 1.46. The molecule has 0 unspecified atom stereocenters. The van der Waals surface area contributed by atoms with E-state index in [0.717, 1.165) is 0 Å². The predicted molar refractivity (Wildman–Crippen MR) is 46.4 cm³/mol. The van der Waals surface area contributed by atoms with Crippen LogP contribution >= 0.6 is 0 Å². The summed E-state index contributed by atoms with van der Waals surface area (Å²) in [5, 5.41) is 2.39. The van der Waals surface area contributed by atoms with Crippen LogP contribution in [0.3, 0.4) is 0 Å². The molecule has 2 atom stereocenters. The zero-order valence-corrected chi connectivity index (χ0v) is 7.96. The van der Waals surface area contributed by atoms with E-state index in [4.69, 9.17) is 5.73 Å². The summed E-state index contributed by atoms with van der Waals surface area (Å²) < 4.78 is 0. The van der Waals surface area contributed by atoms with E-state index in [-0.39, 0.29) is 5.91 Å². The topological polar surface area (TPSA) is 93.5 Å². The van der Waals surface area contributed by atoms with Gasteiger partial charge in [-0.25, -0.2) is 4.79 Å². The van der Waals surface area contributed by atoms with Gasteiger partial charge in [0.2, 0.25) is 5.91 Å². The lowest BCUT2D eigenvalue weighted by Crippen LogP contribution is -2.47. The number of rotatable bonds is 4. The number of hydrogen-bond donors (Lipinski definition) is 3. The quantitative estimate of drug-likeness (QED) is 0.469. The number of nitrogens with one attached hydrogen (secondary N) is 2. The second-order valence-corrected chi connectivity index (χ2v) is 2.64. The van der Waals surface area contributed by atoms with E-state index >= 15 is 0 Å². The Hall–Kier alpha value is -1.14. The highest BCUT2D eigenvalue weighted by molar-refractivity contribution is 5.86. The Morgan fingerprint density at radius 2 is 1.92 bits per heavy atom. The second kappa shape index (κ2) is 5.50. The number of hydroxylamine groups is 1. The molecule has 0 aliphatic heterocycles. The van der Waals surface area contributed by atoms with Gasteiger partial charge in [-0.1, -0.05) is 0 Å². The van der Waals surface area contributed by atoms with Gasteiger partial charge in [-0.3, -0.25) is 4.79 Å². The molecular formula is C7H15N3O3. The molecule has 0 rings (SSSR count). The van der Waals surface area contributed by atoms with Crippen molar-refractivity contribution in [3.63, 3.8) is 0 Å². The van der Waals surface area contributed by atoms with Crippen LogP contribution in [0.1, 0.15) is 13.8 Å². The molecule has 0 aromatic heterocycles. The summed E-state index contributed by atoms with van der Waals surface area (Å²) in [4.78, 5) is 26.4. The van der Waals surface area contributed by atoms with Gasteiger partial charge in [-0.2, -0.15) is 5.48 Å². The first-order valence-electron chi connectivity index (χ1n) is 3.92. The van der Waals surface area contributed by atoms with E-state index in [1.807, 2.05) is 0 Å². The van der Waals surface area contributed by atoms with E-state index in [1.54, 1.807) is 0 Å². The van der Waals surface area contributed by atoms with Crippen LogP contribution in [0, 0.1) is 0 Å². The highest BCUT2D eigenvalue weighted by Gasteiger charge is 2.18. The normalized spacial score (nSPS) is 14.5. The highest BCUT2D eigenvalue weighted by Crippen LogP contribution is 1.86. The van der Waals surface area contributed by atoms with Crippen molar-refractivity contribution < 1.29 is 14.4 Å². The molecule has 0 aliphatic rings. The zero-order chi connectivity index (χ0) is 10.4. The van der Waals surface area contributed by atoms with Gasteiger partial charge in [0.15, 0.2) is 0 Å². The molecule has 0 aliphatic carbocycles. The number of hydrogen-bond acceptors (Lipinski definition) is 5. The first-order valence-corrected chi connectivity index (χ1v) is 3.92. The van der Waals surface area contributed by atoms with E-state index in [2.05, 4.69) is 15.6 Å². The number of nitrogens with two attached hydrogens (primary N) is 1. The smallest absolute Gasteiger partial charge is 0.346 e. The maximum absolute atomic E-state index is 11.0. The Bertz CT molecular complexity index is 193. The largest absolute Gasteiger partial charge is 0.369 e. The molecule has 6 nitrogen and oxygen atoms in total.